The number of pyridine rings is 1. The molecule has 0 aliphatic heterocycles. The Bertz CT molecular complexity index is 1120. The van der Waals surface area contributed by atoms with Crippen molar-refractivity contribution in [3.8, 4) is 21.6 Å². The summed E-state index contributed by atoms with van der Waals surface area (Å²) in [5.74, 6) is 0.109. The van der Waals surface area contributed by atoms with E-state index in [4.69, 9.17) is 20.8 Å². The minimum absolute atomic E-state index is 0. The molecule has 0 radical (unpaired) electrons. The number of fused-ring (bicyclic) bond motifs is 1. The van der Waals surface area contributed by atoms with Gasteiger partial charge in [-0.15, -0.1) is 23.7 Å². The maximum atomic E-state index is 12.3. The van der Waals surface area contributed by atoms with Gasteiger partial charge in [-0.1, -0.05) is 23.7 Å². The lowest BCUT2D eigenvalue weighted by Gasteiger charge is -2.06. The molecule has 0 aliphatic carbocycles. The lowest BCUT2D eigenvalue weighted by atomic mass is 9.98. The molecule has 138 valence electrons. The van der Waals surface area contributed by atoms with Crippen molar-refractivity contribution in [2.45, 2.75) is 6.92 Å². The first kappa shape index (κ1) is 19.4. The summed E-state index contributed by atoms with van der Waals surface area (Å²) in [6, 6.07) is 11.6. The molecule has 27 heavy (non-hydrogen) atoms. The topological polar surface area (TPSA) is 52.3 Å². The molecule has 0 amide bonds. The fourth-order valence-electron chi connectivity index (χ4n) is 3.00. The number of hydrogen-bond acceptors (Lipinski definition) is 5. The highest BCUT2D eigenvalue weighted by atomic mass is 35.5. The van der Waals surface area contributed by atoms with Gasteiger partial charge in [-0.05, 0) is 36.8 Å². The maximum Gasteiger partial charge on any atom is 0.342 e. The summed E-state index contributed by atoms with van der Waals surface area (Å²) in [6.45, 7) is 1.75. The molecular weight excluding hydrogens is 405 g/mol. The van der Waals surface area contributed by atoms with E-state index in [0.29, 0.717) is 21.9 Å². The van der Waals surface area contributed by atoms with Crippen LogP contribution in [0.4, 0.5) is 0 Å². The Kier molecular flexibility index (Phi) is 5.56. The van der Waals surface area contributed by atoms with Gasteiger partial charge in [-0.3, -0.25) is 0 Å². The van der Waals surface area contributed by atoms with Crippen LogP contribution >= 0.6 is 35.3 Å². The first-order valence-corrected chi connectivity index (χ1v) is 9.10. The molecule has 4 rings (SSSR count). The van der Waals surface area contributed by atoms with Crippen LogP contribution in [0, 0.1) is 6.92 Å². The number of carbonyl (C=O) groups is 1. The summed E-state index contributed by atoms with van der Waals surface area (Å²) < 4.78 is 10.5. The Balaban J connectivity index is 0.00000210. The van der Waals surface area contributed by atoms with Crippen molar-refractivity contribution in [2.75, 3.05) is 7.11 Å². The minimum atomic E-state index is -0.418. The predicted octanol–water partition coefficient (Wildman–Crippen LogP) is 6.39. The van der Waals surface area contributed by atoms with Crippen LogP contribution in [-0.2, 0) is 4.74 Å². The van der Waals surface area contributed by atoms with Crippen molar-refractivity contribution in [3.05, 3.63) is 65.2 Å². The van der Waals surface area contributed by atoms with Crippen LogP contribution in [-0.4, -0.2) is 18.1 Å². The standard InChI is InChI=1S/C20H14ClNO3S.ClH/c1-11-16(20(23)24-2)15(10-25-11)18-17(12-5-7-13(21)8-6-12)14-4-3-9-22-19(14)26-18;/h3-10H,1-2H3;1H. The molecule has 0 bridgehead atoms. The monoisotopic (exact) mass is 419 g/mol. The molecule has 1 aromatic carbocycles. The lowest BCUT2D eigenvalue weighted by molar-refractivity contribution is 0.0599. The van der Waals surface area contributed by atoms with Crippen molar-refractivity contribution in [3.63, 3.8) is 0 Å². The molecule has 0 N–H and O–H groups in total. The van der Waals surface area contributed by atoms with Gasteiger partial charge in [0.25, 0.3) is 0 Å². The molecule has 4 nitrogen and oxygen atoms in total. The van der Waals surface area contributed by atoms with Gasteiger partial charge in [-0.2, -0.15) is 0 Å². The van der Waals surface area contributed by atoms with Crippen LogP contribution in [0.15, 0.2) is 53.3 Å². The predicted molar refractivity (Wildman–Crippen MR) is 111 cm³/mol. The third-order valence-electron chi connectivity index (χ3n) is 4.21. The number of rotatable bonds is 3. The van der Waals surface area contributed by atoms with Gasteiger partial charge in [-0.25, -0.2) is 9.78 Å². The molecule has 4 aromatic rings. The number of esters is 1. The Morgan fingerprint density at radius 1 is 1.22 bits per heavy atom. The van der Waals surface area contributed by atoms with E-state index >= 15 is 0 Å². The number of aryl methyl sites for hydroxylation is 1. The van der Waals surface area contributed by atoms with Crippen LogP contribution in [0.5, 0.6) is 0 Å². The van der Waals surface area contributed by atoms with Crippen molar-refractivity contribution in [2.24, 2.45) is 0 Å². The number of furan rings is 1. The van der Waals surface area contributed by atoms with E-state index < -0.39 is 5.97 Å². The number of benzene rings is 1. The largest absolute Gasteiger partial charge is 0.468 e. The number of aromatic nitrogens is 1. The van der Waals surface area contributed by atoms with Crippen molar-refractivity contribution in [1.29, 1.82) is 0 Å². The van der Waals surface area contributed by atoms with E-state index in [9.17, 15) is 4.79 Å². The number of methoxy groups -OCH3 is 1. The highest BCUT2D eigenvalue weighted by molar-refractivity contribution is 7.22. The fourth-order valence-corrected chi connectivity index (χ4v) is 4.31. The highest BCUT2D eigenvalue weighted by Crippen LogP contribution is 2.46. The van der Waals surface area contributed by atoms with Gasteiger partial charge in [0.15, 0.2) is 0 Å². The zero-order chi connectivity index (χ0) is 18.3. The lowest BCUT2D eigenvalue weighted by Crippen LogP contribution is -2.03. The Hall–Kier alpha value is -2.34. The summed E-state index contributed by atoms with van der Waals surface area (Å²) in [5, 5.41) is 1.69. The van der Waals surface area contributed by atoms with E-state index in [1.54, 1.807) is 19.4 Å². The smallest absolute Gasteiger partial charge is 0.342 e. The molecule has 3 heterocycles. The second kappa shape index (κ2) is 7.72. The SMILES string of the molecule is COC(=O)c1c(-c2sc3ncccc3c2-c2ccc(Cl)cc2)coc1C.Cl. The Morgan fingerprint density at radius 3 is 2.67 bits per heavy atom. The molecule has 7 heteroatoms. The average molecular weight is 420 g/mol. The molecule has 0 saturated heterocycles. The fraction of sp³-hybridized carbons (Fsp3) is 0.100. The molecule has 3 aromatic heterocycles. The first-order valence-electron chi connectivity index (χ1n) is 7.90. The number of ether oxygens (including phenoxy) is 1. The third kappa shape index (κ3) is 3.34. The second-order valence-electron chi connectivity index (χ2n) is 5.74. The zero-order valence-corrected chi connectivity index (χ0v) is 16.9. The molecule has 0 saturated carbocycles. The summed E-state index contributed by atoms with van der Waals surface area (Å²) in [5.41, 5.74) is 3.15. The first-order chi connectivity index (χ1) is 12.6. The number of halogens is 2. The van der Waals surface area contributed by atoms with Gasteiger partial charge in [0, 0.05) is 32.6 Å². The minimum Gasteiger partial charge on any atom is -0.468 e. The number of thiophene rings is 1. The molecule has 0 aliphatic rings. The summed E-state index contributed by atoms with van der Waals surface area (Å²) in [6.07, 6.45) is 3.36. The summed E-state index contributed by atoms with van der Waals surface area (Å²) >= 11 is 7.57. The second-order valence-corrected chi connectivity index (χ2v) is 7.18. The Morgan fingerprint density at radius 2 is 1.96 bits per heavy atom. The molecular formula is C20H15Cl2NO3S. The van der Waals surface area contributed by atoms with E-state index in [1.165, 1.54) is 18.4 Å². The quantitative estimate of drug-likeness (QED) is 0.360. The average Bonchev–Trinajstić information content (AvgIpc) is 3.22. The summed E-state index contributed by atoms with van der Waals surface area (Å²) in [4.78, 5) is 18.6. The van der Waals surface area contributed by atoms with Gasteiger partial charge < -0.3 is 9.15 Å². The van der Waals surface area contributed by atoms with Crippen LogP contribution in [0.1, 0.15) is 16.1 Å². The molecule has 0 fully saturated rings. The number of carbonyl (C=O) groups excluding carboxylic acids is 1. The number of nitrogens with zero attached hydrogens (tertiary/aromatic N) is 1. The van der Waals surface area contributed by atoms with Crippen molar-refractivity contribution >= 4 is 51.5 Å². The Labute approximate surface area is 171 Å². The molecule has 0 unspecified atom stereocenters. The van der Waals surface area contributed by atoms with Crippen LogP contribution in [0.3, 0.4) is 0 Å². The van der Waals surface area contributed by atoms with Crippen LogP contribution in [0.2, 0.25) is 5.02 Å². The normalized spacial score (nSPS) is 10.6. The molecule has 0 spiro atoms. The van der Waals surface area contributed by atoms with E-state index in [-0.39, 0.29) is 12.4 Å². The van der Waals surface area contributed by atoms with E-state index in [1.807, 2.05) is 36.4 Å². The number of hydrogen-bond donors (Lipinski definition) is 0. The van der Waals surface area contributed by atoms with Crippen LogP contribution < -0.4 is 0 Å². The summed E-state index contributed by atoms with van der Waals surface area (Å²) in [7, 11) is 1.37. The van der Waals surface area contributed by atoms with E-state index in [2.05, 4.69) is 4.98 Å². The maximum absolute atomic E-state index is 12.3. The van der Waals surface area contributed by atoms with Gasteiger partial charge in [0.05, 0.1) is 7.11 Å². The van der Waals surface area contributed by atoms with Gasteiger partial charge >= 0.3 is 5.97 Å². The highest BCUT2D eigenvalue weighted by Gasteiger charge is 2.25. The van der Waals surface area contributed by atoms with Crippen molar-refractivity contribution in [1.82, 2.24) is 4.98 Å². The molecule has 0 atom stereocenters. The van der Waals surface area contributed by atoms with Crippen molar-refractivity contribution < 1.29 is 13.9 Å². The zero-order valence-electron chi connectivity index (χ0n) is 14.5. The van der Waals surface area contributed by atoms with E-state index in [0.717, 1.165) is 26.2 Å². The van der Waals surface area contributed by atoms with Gasteiger partial charge in [0.2, 0.25) is 0 Å². The van der Waals surface area contributed by atoms with Gasteiger partial charge in [0.1, 0.15) is 22.4 Å². The van der Waals surface area contributed by atoms with Crippen LogP contribution in [0.25, 0.3) is 31.8 Å². The third-order valence-corrected chi connectivity index (χ3v) is 5.61.